The number of nitrogens with zero attached hydrogens (tertiary/aromatic N) is 2. The molecule has 0 amide bonds. The van der Waals surface area contributed by atoms with Gasteiger partial charge in [0.05, 0.1) is 4.47 Å². The minimum atomic E-state index is -0.297. The Labute approximate surface area is 106 Å². The van der Waals surface area contributed by atoms with Crippen LogP contribution in [0, 0.1) is 5.82 Å². The summed E-state index contributed by atoms with van der Waals surface area (Å²) in [5.74, 6) is 0.774. The fraction of sp³-hybridized carbons (Fsp3) is 0.0909. The zero-order valence-electron chi connectivity index (χ0n) is 9.04. The number of halogens is 2. The molecule has 0 aliphatic carbocycles. The van der Waals surface area contributed by atoms with Crippen LogP contribution in [0.3, 0.4) is 0 Å². The van der Waals surface area contributed by atoms with E-state index < -0.39 is 0 Å². The molecule has 4 nitrogen and oxygen atoms in total. The van der Waals surface area contributed by atoms with Gasteiger partial charge in [0.25, 0.3) is 0 Å². The number of anilines is 3. The molecule has 0 spiro atoms. The van der Waals surface area contributed by atoms with Crippen LogP contribution >= 0.6 is 15.9 Å². The van der Waals surface area contributed by atoms with E-state index >= 15 is 0 Å². The van der Waals surface area contributed by atoms with Gasteiger partial charge in [-0.1, -0.05) is 6.07 Å². The molecular formula is C11H10BrFN4. The maximum atomic E-state index is 13.0. The summed E-state index contributed by atoms with van der Waals surface area (Å²) in [5.41, 5.74) is 0.631. The molecule has 0 aliphatic rings. The van der Waals surface area contributed by atoms with E-state index in [1.807, 2.05) is 0 Å². The third kappa shape index (κ3) is 2.91. The third-order valence-corrected chi connectivity index (χ3v) is 2.64. The summed E-state index contributed by atoms with van der Waals surface area (Å²) in [4.78, 5) is 8.25. The van der Waals surface area contributed by atoms with Crippen molar-refractivity contribution >= 4 is 33.4 Å². The number of aromatic nitrogens is 2. The van der Waals surface area contributed by atoms with E-state index in [0.29, 0.717) is 21.9 Å². The number of hydrogen-bond donors (Lipinski definition) is 2. The van der Waals surface area contributed by atoms with Gasteiger partial charge in [-0.05, 0) is 34.1 Å². The second kappa shape index (κ2) is 5.09. The Balaban J connectivity index is 2.29. The van der Waals surface area contributed by atoms with E-state index in [2.05, 4.69) is 36.5 Å². The van der Waals surface area contributed by atoms with Crippen molar-refractivity contribution < 1.29 is 4.39 Å². The quantitative estimate of drug-likeness (QED) is 0.913. The van der Waals surface area contributed by atoms with Gasteiger partial charge >= 0.3 is 0 Å². The van der Waals surface area contributed by atoms with Crippen LogP contribution in [-0.4, -0.2) is 17.0 Å². The van der Waals surface area contributed by atoms with Crippen molar-refractivity contribution in [1.82, 2.24) is 9.97 Å². The Kier molecular flexibility index (Phi) is 3.53. The lowest BCUT2D eigenvalue weighted by molar-refractivity contribution is 0.628. The number of benzene rings is 1. The Morgan fingerprint density at radius 1 is 1.35 bits per heavy atom. The van der Waals surface area contributed by atoms with Gasteiger partial charge < -0.3 is 10.6 Å². The predicted molar refractivity (Wildman–Crippen MR) is 69.0 cm³/mol. The van der Waals surface area contributed by atoms with E-state index in [1.54, 1.807) is 25.4 Å². The van der Waals surface area contributed by atoms with Crippen LogP contribution in [0.25, 0.3) is 0 Å². The highest BCUT2D eigenvalue weighted by molar-refractivity contribution is 9.10. The fourth-order valence-corrected chi connectivity index (χ4v) is 1.57. The first-order valence-electron chi connectivity index (χ1n) is 4.92. The van der Waals surface area contributed by atoms with Crippen molar-refractivity contribution in [1.29, 1.82) is 0 Å². The Morgan fingerprint density at radius 2 is 2.18 bits per heavy atom. The molecular weight excluding hydrogens is 287 g/mol. The first kappa shape index (κ1) is 11.8. The summed E-state index contributed by atoms with van der Waals surface area (Å²) in [7, 11) is 1.73. The SMILES string of the molecule is CNc1ncc(Br)c(Nc2cccc(F)c2)n1. The van der Waals surface area contributed by atoms with Crippen LogP contribution in [0.5, 0.6) is 0 Å². The molecule has 1 heterocycles. The van der Waals surface area contributed by atoms with Crippen molar-refractivity contribution in [3.63, 3.8) is 0 Å². The maximum Gasteiger partial charge on any atom is 0.224 e. The second-order valence-corrected chi connectivity index (χ2v) is 4.13. The minimum Gasteiger partial charge on any atom is -0.357 e. The van der Waals surface area contributed by atoms with Crippen LogP contribution in [0.1, 0.15) is 0 Å². The van der Waals surface area contributed by atoms with Gasteiger partial charge in [0, 0.05) is 18.9 Å². The van der Waals surface area contributed by atoms with Gasteiger partial charge in [-0.2, -0.15) is 4.98 Å². The summed E-state index contributed by atoms with van der Waals surface area (Å²) in [6.45, 7) is 0. The summed E-state index contributed by atoms with van der Waals surface area (Å²) in [6.07, 6.45) is 1.63. The lowest BCUT2D eigenvalue weighted by atomic mass is 10.3. The molecule has 17 heavy (non-hydrogen) atoms. The van der Waals surface area contributed by atoms with E-state index in [0.717, 1.165) is 0 Å². The number of hydrogen-bond acceptors (Lipinski definition) is 4. The zero-order chi connectivity index (χ0) is 12.3. The molecule has 0 aliphatic heterocycles. The molecule has 2 rings (SSSR count). The summed E-state index contributed by atoms with van der Waals surface area (Å²) in [5, 5.41) is 5.84. The molecule has 0 saturated heterocycles. The Morgan fingerprint density at radius 3 is 2.88 bits per heavy atom. The Bertz CT molecular complexity index is 533. The standard InChI is InChI=1S/C11H10BrFN4/c1-14-11-15-6-9(12)10(17-11)16-8-4-2-3-7(13)5-8/h2-6H,1H3,(H2,14,15,16,17). The summed E-state index contributed by atoms with van der Waals surface area (Å²) >= 11 is 3.33. The van der Waals surface area contributed by atoms with E-state index in [4.69, 9.17) is 0 Å². The van der Waals surface area contributed by atoms with E-state index in [-0.39, 0.29) is 5.82 Å². The monoisotopic (exact) mass is 296 g/mol. The molecule has 0 atom stereocenters. The second-order valence-electron chi connectivity index (χ2n) is 3.28. The molecule has 88 valence electrons. The van der Waals surface area contributed by atoms with Crippen LogP contribution in [0.4, 0.5) is 21.8 Å². The average Bonchev–Trinajstić information content (AvgIpc) is 2.32. The van der Waals surface area contributed by atoms with Gasteiger partial charge in [0.2, 0.25) is 5.95 Å². The molecule has 1 aromatic carbocycles. The lowest BCUT2D eigenvalue weighted by Gasteiger charge is -2.08. The van der Waals surface area contributed by atoms with Gasteiger partial charge in [-0.25, -0.2) is 9.37 Å². The molecule has 6 heteroatoms. The highest BCUT2D eigenvalue weighted by Crippen LogP contribution is 2.24. The van der Waals surface area contributed by atoms with Crippen molar-refractivity contribution in [3.05, 3.63) is 40.8 Å². The number of nitrogens with one attached hydrogen (secondary N) is 2. The van der Waals surface area contributed by atoms with Crippen LogP contribution in [-0.2, 0) is 0 Å². The van der Waals surface area contributed by atoms with Crippen LogP contribution in [0.15, 0.2) is 34.9 Å². The largest absolute Gasteiger partial charge is 0.357 e. The van der Waals surface area contributed by atoms with E-state index in [1.165, 1.54) is 12.1 Å². The summed E-state index contributed by atoms with van der Waals surface area (Å²) in [6, 6.07) is 6.18. The van der Waals surface area contributed by atoms with Gasteiger partial charge in [0.15, 0.2) is 0 Å². The predicted octanol–water partition coefficient (Wildman–Crippen LogP) is 3.16. The van der Waals surface area contributed by atoms with Crippen LogP contribution < -0.4 is 10.6 Å². The molecule has 0 radical (unpaired) electrons. The molecule has 2 N–H and O–H groups in total. The van der Waals surface area contributed by atoms with Gasteiger partial charge in [-0.15, -0.1) is 0 Å². The normalized spacial score (nSPS) is 10.1. The maximum absolute atomic E-state index is 13.0. The molecule has 0 bridgehead atoms. The van der Waals surface area contributed by atoms with E-state index in [9.17, 15) is 4.39 Å². The first-order valence-corrected chi connectivity index (χ1v) is 5.71. The molecule has 0 saturated carbocycles. The van der Waals surface area contributed by atoms with Gasteiger partial charge in [-0.3, -0.25) is 0 Å². The van der Waals surface area contributed by atoms with Crippen molar-refractivity contribution in [2.75, 3.05) is 17.7 Å². The van der Waals surface area contributed by atoms with Crippen molar-refractivity contribution in [3.8, 4) is 0 Å². The Hall–Kier alpha value is -1.69. The third-order valence-electron chi connectivity index (χ3n) is 2.06. The highest BCUT2D eigenvalue weighted by Gasteiger charge is 2.05. The molecule has 1 aromatic heterocycles. The zero-order valence-corrected chi connectivity index (χ0v) is 10.6. The van der Waals surface area contributed by atoms with Crippen molar-refractivity contribution in [2.24, 2.45) is 0 Å². The van der Waals surface area contributed by atoms with Gasteiger partial charge in [0.1, 0.15) is 11.6 Å². The lowest BCUT2D eigenvalue weighted by Crippen LogP contribution is -2.01. The topological polar surface area (TPSA) is 49.8 Å². The fourth-order valence-electron chi connectivity index (χ4n) is 1.28. The summed E-state index contributed by atoms with van der Waals surface area (Å²) < 4.78 is 13.7. The van der Waals surface area contributed by atoms with Crippen LogP contribution in [0.2, 0.25) is 0 Å². The molecule has 0 unspecified atom stereocenters. The first-order chi connectivity index (χ1) is 8.19. The smallest absolute Gasteiger partial charge is 0.224 e. The highest BCUT2D eigenvalue weighted by atomic mass is 79.9. The van der Waals surface area contributed by atoms with Crippen molar-refractivity contribution in [2.45, 2.75) is 0 Å². The average molecular weight is 297 g/mol. The minimum absolute atomic E-state index is 0.297. The number of rotatable bonds is 3. The molecule has 2 aromatic rings. The molecule has 0 fully saturated rings.